The molecule has 0 bridgehead atoms. The largest absolute Gasteiger partial charge is 0.394 e. The molecule has 1 atom stereocenters. The Labute approximate surface area is 115 Å². The van der Waals surface area contributed by atoms with Crippen molar-refractivity contribution in [1.29, 1.82) is 0 Å². The van der Waals surface area contributed by atoms with Gasteiger partial charge in [0.2, 0.25) is 0 Å². The minimum atomic E-state index is -0.522. The molecule has 1 saturated heterocycles. The number of morpholine rings is 1. The number of hydrogen-bond donors (Lipinski definition) is 1. The van der Waals surface area contributed by atoms with E-state index in [1.807, 2.05) is 6.92 Å². The van der Waals surface area contributed by atoms with E-state index in [1.54, 1.807) is 4.57 Å². The first kappa shape index (κ1) is 14.5. The van der Waals surface area contributed by atoms with Gasteiger partial charge >= 0.3 is 0 Å². The van der Waals surface area contributed by atoms with Gasteiger partial charge in [0.15, 0.2) is 0 Å². The zero-order valence-corrected chi connectivity index (χ0v) is 11.2. The SMILES string of the molecule is CCn1cc([N+](=O)[O-])cc1C(=O)N1CCOCC1CO. The molecule has 1 aromatic rings. The number of nitrogens with zero attached hydrogens (tertiary/aromatic N) is 3. The molecule has 0 aliphatic carbocycles. The highest BCUT2D eigenvalue weighted by molar-refractivity contribution is 5.94. The van der Waals surface area contributed by atoms with E-state index >= 15 is 0 Å². The number of rotatable bonds is 4. The summed E-state index contributed by atoms with van der Waals surface area (Å²) in [6.07, 6.45) is 1.35. The normalized spacial score (nSPS) is 19.1. The summed E-state index contributed by atoms with van der Waals surface area (Å²) < 4.78 is 6.77. The molecule has 2 heterocycles. The van der Waals surface area contributed by atoms with Gasteiger partial charge in [0.25, 0.3) is 11.6 Å². The first-order chi connectivity index (χ1) is 9.58. The van der Waals surface area contributed by atoms with Crippen LogP contribution in [0.2, 0.25) is 0 Å². The van der Waals surface area contributed by atoms with Crippen molar-refractivity contribution in [2.45, 2.75) is 19.5 Å². The van der Waals surface area contributed by atoms with E-state index < -0.39 is 11.0 Å². The highest BCUT2D eigenvalue weighted by Crippen LogP contribution is 2.20. The zero-order chi connectivity index (χ0) is 14.7. The highest BCUT2D eigenvalue weighted by atomic mass is 16.6. The Balaban J connectivity index is 2.29. The molecule has 0 saturated carbocycles. The topological polar surface area (TPSA) is 97.8 Å². The van der Waals surface area contributed by atoms with E-state index in [0.717, 1.165) is 0 Å². The third-order valence-corrected chi connectivity index (χ3v) is 3.35. The molecule has 0 spiro atoms. The van der Waals surface area contributed by atoms with Gasteiger partial charge in [0.1, 0.15) is 5.69 Å². The van der Waals surface area contributed by atoms with Gasteiger partial charge in [0, 0.05) is 19.2 Å². The lowest BCUT2D eigenvalue weighted by atomic mass is 10.2. The van der Waals surface area contributed by atoms with Crippen LogP contribution in [0.3, 0.4) is 0 Å². The zero-order valence-electron chi connectivity index (χ0n) is 11.2. The Morgan fingerprint density at radius 3 is 3.00 bits per heavy atom. The van der Waals surface area contributed by atoms with Gasteiger partial charge in [-0.25, -0.2) is 0 Å². The maximum absolute atomic E-state index is 12.5. The van der Waals surface area contributed by atoms with Crippen LogP contribution >= 0.6 is 0 Å². The van der Waals surface area contributed by atoms with E-state index in [0.29, 0.717) is 19.7 Å². The van der Waals surface area contributed by atoms with Gasteiger partial charge in [-0.05, 0) is 6.92 Å². The van der Waals surface area contributed by atoms with Crippen molar-refractivity contribution in [2.24, 2.45) is 0 Å². The number of aliphatic hydroxyl groups is 1. The number of nitro groups is 1. The lowest BCUT2D eigenvalue weighted by molar-refractivity contribution is -0.384. The van der Waals surface area contributed by atoms with E-state index in [2.05, 4.69) is 0 Å². The summed E-state index contributed by atoms with van der Waals surface area (Å²) in [5.74, 6) is -0.317. The number of aryl methyl sites for hydroxylation is 1. The molecule has 8 nitrogen and oxygen atoms in total. The smallest absolute Gasteiger partial charge is 0.287 e. The minimum absolute atomic E-state index is 0.107. The molecule has 0 aromatic carbocycles. The summed E-state index contributed by atoms with van der Waals surface area (Å²) in [6.45, 7) is 3.12. The van der Waals surface area contributed by atoms with Crippen molar-refractivity contribution in [3.05, 3.63) is 28.1 Å². The Hall–Kier alpha value is -1.93. The molecule has 8 heteroatoms. The first-order valence-corrected chi connectivity index (χ1v) is 6.42. The number of ether oxygens (including phenoxy) is 1. The van der Waals surface area contributed by atoms with Gasteiger partial charge in [-0.2, -0.15) is 0 Å². The molecule has 0 radical (unpaired) electrons. The summed E-state index contributed by atoms with van der Waals surface area (Å²) in [5.41, 5.74) is 0.156. The predicted molar refractivity (Wildman–Crippen MR) is 69.5 cm³/mol. The van der Waals surface area contributed by atoms with Crippen LogP contribution in [0.5, 0.6) is 0 Å². The second kappa shape index (κ2) is 6.02. The molecule has 1 fully saturated rings. The summed E-state index contributed by atoms with van der Waals surface area (Å²) >= 11 is 0. The Bertz CT molecular complexity index is 513. The Kier molecular flexibility index (Phi) is 4.35. The monoisotopic (exact) mass is 283 g/mol. The second-order valence-electron chi connectivity index (χ2n) is 4.54. The molecular weight excluding hydrogens is 266 g/mol. The fraction of sp³-hybridized carbons (Fsp3) is 0.583. The molecule has 110 valence electrons. The van der Waals surface area contributed by atoms with Crippen LogP contribution in [0.1, 0.15) is 17.4 Å². The number of amides is 1. The molecule has 1 aliphatic rings. The molecule has 1 aliphatic heterocycles. The van der Waals surface area contributed by atoms with Gasteiger partial charge in [0.05, 0.1) is 37.0 Å². The predicted octanol–water partition coefficient (Wildman–Crippen LogP) is 0.249. The van der Waals surface area contributed by atoms with Gasteiger partial charge in [-0.1, -0.05) is 0 Å². The Morgan fingerprint density at radius 2 is 2.40 bits per heavy atom. The van der Waals surface area contributed by atoms with Gasteiger partial charge in [-0.15, -0.1) is 0 Å². The third-order valence-electron chi connectivity index (χ3n) is 3.35. The lowest BCUT2D eigenvalue weighted by Crippen LogP contribution is -2.50. The second-order valence-corrected chi connectivity index (χ2v) is 4.54. The molecule has 1 unspecified atom stereocenters. The first-order valence-electron chi connectivity index (χ1n) is 6.42. The Morgan fingerprint density at radius 1 is 1.65 bits per heavy atom. The molecule has 2 rings (SSSR count). The minimum Gasteiger partial charge on any atom is -0.394 e. The third kappa shape index (κ3) is 2.66. The number of carbonyl (C=O) groups excluding carboxylic acids is 1. The number of aliphatic hydroxyl groups excluding tert-OH is 1. The van der Waals surface area contributed by atoms with E-state index in [9.17, 15) is 20.0 Å². The quantitative estimate of drug-likeness (QED) is 0.631. The maximum Gasteiger partial charge on any atom is 0.287 e. The van der Waals surface area contributed by atoms with Gasteiger partial charge < -0.3 is 19.3 Å². The molecule has 20 heavy (non-hydrogen) atoms. The van der Waals surface area contributed by atoms with Crippen LogP contribution in [0.15, 0.2) is 12.3 Å². The summed E-state index contributed by atoms with van der Waals surface area (Å²) in [4.78, 5) is 24.3. The standard InChI is InChI=1S/C12H17N3O5/c1-2-13-6-9(15(18)19)5-11(13)12(17)14-3-4-20-8-10(14)7-16/h5-6,10,16H,2-4,7-8H2,1H3. The summed E-state index contributed by atoms with van der Waals surface area (Å²) in [7, 11) is 0. The average molecular weight is 283 g/mol. The van der Waals surface area contributed by atoms with E-state index in [1.165, 1.54) is 17.2 Å². The van der Waals surface area contributed by atoms with Crippen LogP contribution in [0.25, 0.3) is 0 Å². The summed E-state index contributed by atoms with van der Waals surface area (Å²) in [6, 6.07) is 0.867. The van der Waals surface area contributed by atoms with E-state index in [4.69, 9.17) is 4.74 Å². The number of carbonyl (C=O) groups is 1. The van der Waals surface area contributed by atoms with Crippen LogP contribution in [0, 0.1) is 10.1 Å². The van der Waals surface area contributed by atoms with Crippen LogP contribution in [0.4, 0.5) is 5.69 Å². The average Bonchev–Trinajstić information content (AvgIpc) is 2.90. The maximum atomic E-state index is 12.5. The van der Waals surface area contributed by atoms with Crippen molar-refractivity contribution >= 4 is 11.6 Å². The van der Waals surface area contributed by atoms with E-state index in [-0.39, 0.29) is 30.5 Å². The van der Waals surface area contributed by atoms with Crippen molar-refractivity contribution in [2.75, 3.05) is 26.4 Å². The highest BCUT2D eigenvalue weighted by Gasteiger charge is 2.30. The molecule has 1 N–H and O–H groups in total. The van der Waals surface area contributed by atoms with Crippen molar-refractivity contribution in [1.82, 2.24) is 9.47 Å². The summed E-state index contributed by atoms with van der Waals surface area (Å²) in [5, 5.41) is 20.1. The van der Waals surface area contributed by atoms with Crippen LogP contribution in [-0.2, 0) is 11.3 Å². The fourth-order valence-electron chi connectivity index (χ4n) is 2.26. The van der Waals surface area contributed by atoms with Crippen molar-refractivity contribution < 1.29 is 19.6 Å². The lowest BCUT2D eigenvalue weighted by Gasteiger charge is -2.34. The molecule has 1 amide bonds. The van der Waals surface area contributed by atoms with Gasteiger partial charge in [-0.3, -0.25) is 14.9 Å². The van der Waals surface area contributed by atoms with Crippen LogP contribution in [-0.4, -0.2) is 57.8 Å². The van der Waals surface area contributed by atoms with Crippen LogP contribution < -0.4 is 0 Å². The molecular formula is C12H17N3O5. The number of aromatic nitrogens is 1. The van der Waals surface area contributed by atoms with Crippen molar-refractivity contribution in [3.8, 4) is 0 Å². The fourth-order valence-corrected chi connectivity index (χ4v) is 2.26. The van der Waals surface area contributed by atoms with Crippen molar-refractivity contribution in [3.63, 3.8) is 0 Å². The molecule has 1 aromatic heterocycles. The number of hydrogen-bond acceptors (Lipinski definition) is 5.